The largest absolute Gasteiger partial charge is 0.309 e. The Morgan fingerprint density at radius 3 is 2.96 bits per heavy atom. The molecule has 3 aromatic rings. The summed E-state index contributed by atoms with van der Waals surface area (Å²) in [5, 5.41) is 13.0. The molecule has 1 saturated heterocycles. The highest BCUT2D eigenvalue weighted by Gasteiger charge is 2.33. The van der Waals surface area contributed by atoms with Crippen molar-refractivity contribution in [1.29, 1.82) is 5.26 Å². The van der Waals surface area contributed by atoms with Crippen LogP contribution in [-0.4, -0.2) is 27.0 Å². The number of carbonyl (C=O) groups excluding carboxylic acids is 1. The van der Waals surface area contributed by atoms with Crippen molar-refractivity contribution in [2.75, 3.05) is 11.4 Å². The summed E-state index contributed by atoms with van der Waals surface area (Å²) in [4.78, 5) is 18.2. The summed E-state index contributed by atoms with van der Waals surface area (Å²) in [5.74, 6) is -0.853. The number of alkyl halides is 2. The number of nitriles is 1. The molecular weight excluding hydrogens is 348 g/mol. The molecule has 1 atom stereocenters. The van der Waals surface area contributed by atoms with Crippen LogP contribution in [0.4, 0.5) is 14.5 Å². The summed E-state index contributed by atoms with van der Waals surface area (Å²) >= 11 is 0.926. The molecule has 6 nitrogen and oxygen atoms in total. The first kappa shape index (κ1) is 15.7. The average Bonchev–Trinajstić information content (AvgIpc) is 3.31. The molecule has 126 valence electrons. The van der Waals surface area contributed by atoms with Crippen molar-refractivity contribution >= 4 is 28.4 Å². The molecular formula is C16H11F2N5OS. The van der Waals surface area contributed by atoms with Crippen molar-refractivity contribution in [3.8, 4) is 16.5 Å². The molecule has 0 aliphatic carbocycles. The predicted octanol–water partition coefficient (Wildman–Crippen LogP) is 3.27. The zero-order valence-electron chi connectivity index (χ0n) is 12.8. The van der Waals surface area contributed by atoms with Crippen LogP contribution in [0.2, 0.25) is 0 Å². The number of rotatable bonds is 3. The standard InChI is InChI=1S/C16H11F2N5OS/c17-14(18)15-20-7-13(25-15)10-5-12-11(1-3-21-23(12)8-10)22-4-2-9(6-19)16(22)24/h1,3,5,7-9,14H,2,4H2. The minimum atomic E-state index is -2.60. The van der Waals surface area contributed by atoms with Crippen LogP contribution < -0.4 is 4.90 Å². The Morgan fingerprint density at radius 1 is 1.44 bits per heavy atom. The molecule has 0 saturated carbocycles. The third kappa shape index (κ3) is 2.55. The van der Waals surface area contributed by atoms with Crippen LogP contribution in [-0.2, 0) is 4.79 Å². The highest BCUT2D eigenvalue weighted by molar-refractivity contribution is 7.15. The van der Waals surface area contributed by atoms with Gasteiger partial charge in [-0.05, 0) is 18.6 Å². The predicted molar refractivity (Wildman–Crippen MR) is 87.3 cm³/mol. The summed E-state index contributed by atoms with van der Waals surface area (Å²) in [7, 11) is 0. The Bertz CT molecular complexity index is 1010. The second-order valence-corrected chi connectivity index (χ2v) is 6.66. The molecule has 3 aromatic heterocycles. The number of amides is 1. The van der Waals surface area contributed by atoms with E-state index in [1.165, 1.54) is 6.20 Å². The molecule has 1 aliphatic rings. The van der Waals surface area contributed by atoms with Gasteiger partial charge in [-0.2, -0.15) is 10.4 Å². The number of fused-ring (bicyclic) bond motifs is 1. The number of carbonyl (C=O) groups is 1. The maximum Gasteiger partial charge on any atom is 0.289 e. The van der Waals surface area contributed by atoms with Gasteiger partial charge in [-0.15, -0.1) is 11.3 Å². The van der Waals surface area contributed by atoms with E-state index in [2.05, 4.69) is 10.1 Å². The fourth-order valence-electron chi connectivity index (χ4n) is 2.92. The van der Waals surface area contributed by atoms with Crippen LogP contribution in [0.15, 0.2) is 30.7 Å². The maximum absolute atomic E-state index is 12.7. The third-order valence-corrected chi connectivity index (χ3v) is 5.19. The second kappa shape index (κ2) is 5.89. The van der Waals surface area contributed by atoms with Gasteiger partial charge in [0.1, 0.15) is 5.92 Å². The second-order valence-electron chi connectivity index (χ2n) is 5.60. The molecule has 0 bridgehead atoms. The third-order valence-electron chi connectivity index (χ3n) is 4.13. The molecule has 0 N–H and O–H groups in total. The Balaban J connectivity index is 1.77. The monoisotopic (exact) mass is 359 g/mol. The van der Waals surface area contributed by atoms with Gasteiger partial charge < -0.3 is 4.90 Å². The van der Waals surface area contributed by atoms with Gasteiger partial charge in [-0.3, -0.25) is 4.79 Å². The van der Waals surface area contributed by atoms with E-state index < -0.39 is 12.3 Å². The van der Waals surface area contributed by atoms with Gasteiger partial charge in [0.2, 0.25) is 5.91 Å². The van der Waals surface area contributed by atoms with Crippen molar-refractivity contribution in [1.82, 2.24) is 14.6 Å². The van der Waals surface area contributed by atoms with E-state index in [0.717, 1.165) is 11.3 Å². The van der Waals surface area contributed by atoms with Crippen LogP contribution in [0.5, 0.6) is 0 Å². The van der Waals surface area contributed by atoms with Gasteiger partial charge in [0.15, 0.2) is 5.01 Å². The van der Waals surface area contributed by atoms with Crippen molar-refractivity contribution in [2.45, 2.75) is 12.8 Å². The molecule has 25 heavy (non-hydrogen) atoms. The number of halogens is 2. The first-order chi connectivity index (χ1) is 12.1. The highest BCUT2D eigenvalue weighted by Crippen LogP contribution is 2.35. The normalized spacial score (nSPS) is 17.6. The van der Waals surface area contributed by atoms with Gasteiger partial charge in [0.25, 0.3) is 6.43 Å². The Labute approximate surface area is 144 Å². The summed E-state index contributed by atoms with van der Waals surface area (Å²) < 4.78 is 27.1. The SMILES string of the molecule is N#CC1CCN(c2ccnn3cc(-c4cnc(C(F)F)s4)cc23)C1=O. The molecule has 0 aromatic carbocycles. The van der Waals surface area contributed by atoms with E-state index in [1.54, 1.807) is 33.9 Å². The number of hydrogen-bond donors (Lipinski definition) is 0. The van der Waals surface area contributed by atoms with Gasteiger partial charge in [-0.25, -0.2) is 18.3 Å². The molecule has 4 rings (SSSR count). The van der Waals surface area contributed by atoms with Gasteiger partial charge in [0, 0.05) is 30.7 Å². The fraction of sp³-hybridized carbons (Fsp3) is 0.250. The minimum Gasteiger partial charge on any atom is -0.309 e. The van der Waals surface area contributed by atoms with E-state index in [4.69, 9.17) is 5.26 Å². The Kier molecular flexibility index (Phi) is 3.69. The lowest BCUT2D eigenvalue weighted by molar-refractivity contribution is -0.118. The molecule has 1 amide bonds. The summed E-state index contributed by atoms with van der Waals surface area (Å²) in [5.41, 5.74) is 2.03. The first-order valence-electron chi connectivity index (χ1n) is 7.51. The van der Waals surface area contributed by atoms with Crippen LogP contribution >= 0.6 is 11.3 Å². The van der Waals surface area contributed by atoms with Gasteiger partial charge in [-0.1, -0.05) is 0 Å². The molecule has 9 heteroatoms. The zero-order chi connectivity index (χ0) is 17.6. The zero-order valence-corrected chi connectivity index (χ0v) is 13.6. The Hall–Kier alpha value is -2.86. The minimum absolute atomic E-state index is 0.226. The van der Waals surface area contributed by atoms with Crippen LogP contribution in [0, 0.1) is 17.2 Å². The van der Waals surface area contributed by atoms with Crippen molar-refractivity contribution < 1.29 is 13.6 Å². The molecule has 1 aliphatic heterocycles. The Morgan fingerprint density at radius 2 is 2.28 bits per heavy atom. The number of thiazole rings is 1. The summed E-state index contributed by atoms with van der Waals surface area (Å²) in [6.45, 7) is 0.466. The lowest BCUT2D eigenvalue weighted by Crippen LogP contribution is -2.27. The quantitative estimate of drug-likeness (QED) is 0.719. The van der Waals surface area contributed by atoms with Crippen molar-refractivity contribution in [2.24, 2.45) is 5.92 Å². The van der Waals surface area contributed by atoms with Gasteiger partial charge >= 0.3 is 0 Å². The number of anilines is 1. The van der Waals surface area contributed by atoms with E-state index in [-0.39, 0.29) is 10.9 Å². The smallest absolute Gasteiger partial charge is 0.289 e. The topological polar surface area (TPSA) is 74.3 Å². The summed E-state index contributed by atoms with van der Waals surface area (Å²) in [6, 6.07) is 5.52. The molecule has 1 unspecified atom stereocenters. The fourth-order valence-corrected chi connectivity index (χ4v) is 3.68. The number of hydrogen-bond acceptors (Lipinski definition) is 5. The van der Waals surface area contributed by atoms with E-state index in [1.807, 2.05) is 6.07 Å². The number of nitrogens with zero attached hydrogens (tertiary/aromatic N) is 5. The molecule has 0 spiro atoms. The first-order valence-corrected chi connectivity index (χ1v) is 8.33. The average molecular weight is 359 g/mol. The van der Waals surface area contributed by atoms with Crippen LogP contribution in [0.3, 0.4) is 0 Å². The van der Waals surface area contributed by atoms with E-state index in [0.29, 0.717) is 34.6 Å². The van der Waals surface area contributed by atoms with Crippen molar-refractivity contribution in [3.63, 3.8) is 0 Å². The van der Waals surface area contributed by atoms with E-state index in [9.17, 15) is 13.6 Å². The van der Waals surface area contributed by atoms with Crippen LogP contribution in [0.25, 0.3) is 16.0 Å². The molecule has 1 fully saturated rings. The molecule has 0 radical (unpaired) electrons. The van der Waals surface area contributed by atoms with E-state index >= 15 is 0 Å². The summed E-state index contributed by atoms with van der Waals surface area (Å²) in [6.07, 6.45) is 2.58. The van der Waals surface area contributed by atoms with Crippen LogP contribution in [0.1, 0.15) is 17.9 Å². The lowest BCUT2D eigenvalue weighted by atomic mass is 10.1. The lowest BCUT2D eigenvalue weighted by Gasteiger charge is -2.16. The number of aromatic nitrogens is 3. The maximum atomic E-state index is 12.7. The highest BCUT2D eigenvalue weighted by atomic mass is 32.1. The molecule has 4 heterocycles. The van der Waals surface area contributed by atoms with Gasteiger partial charge in [0.05, 0.1) is 22.2 Å². The van der Waals surface area contributed by atoms with Crippen molar-refractivity contribution in [3.05, 3.63) is 35.7 Å².